The number of H-pyrrole nitrogens is 1. The highest BCUT2D eigenvalue weighted by Crippen LogP contribution is 2.37. The van der Waals surface area contributed by atoms with Crippen molar-refractivity contribution in [3.05, 3.63) is 89.6 Å². The van der Waals surface area contributed by atoms with E-state index in [1.54, 1.807) is 24.3 Å². The van der Waals surface area contributed by atoms with Crippen LogP contribution in [0.15, 0.2) is 52.2 Å². The summed E-state index contributed by atoms with van der Waals surface area (Å²) in [5, 5.41) is 14.7. The zero-order valence-electron chi connectivity index (χ0n) is 15.8. The number of nitrogens with one attached hydrogen (secondary N) is 1. The molecule has 9 nitrogen and oxygen atoms in total. The van der Waals surface area contributed by atoms with Gasteiger partial charge in [-0.1, -0.05) is 46.9 Å². The molecule has 0 aliphatic rings. The molecule has 0 aliphatic carbocycles. The van der Waals surface area contributed by atoms with Crippen molar-refractivity contribution in [3.8, 4) is 5.69 Å². The SMILES string of the molecule is CS(=O)(=O)O.O=c1cnn(-c2cc(Cl)c(C(CO)c3ccc(Cl)cc3)c(Cl)c2)c(=O)[nH]1. The van der Waals surface area contributed by atoms with Crippen LogP contribution in [0.2, 0.25) is 15.1 Å². The molecule has 0 radical (unpaired) electrons. The lowest BCUT2D eigenvalue weighted by molar-refractivity contribution is 0.280. The van der Waals surface area contributed by atoms with Gasteiger partial charge in [-0.3, -0.25) is 14.3 Å². The fourth-order valence-electron chi connectivity index (χ4n) is 2.62. The first kappa shape index (κ1) is 25.1. The van der Waals surface area contributed by atoms with Crippen LogP contribution in [0.1, 0.15) is 17.0 Å². The van der Waals surface area contributed by atoms with E-state index in [0.29, 0.717) is 16.8 Å². The first-order valence-corrected chi connectivity index (χ1v) is 11.4. The number of rotatable bonds is 4. The van der Waals surface area contributed by atoms with Gasteiger partial charge in [-0.25, -0.2) is 4.79 Å². The lowest BCUT2D eigenvalue weighted by atomic mass is 9.91. The molecule has 1 aromatic heterocycles. The molecule has 1 heterocycles. The van der Waals surface area contributed by atoms with Gasteiger partial charge in [0.2, 0.25) is 0 Å². The number of aliphatic hydroxyl groups is 1. The highest BCUT2D eigenvalue weighted by molar-refractivity contribution is 7.85. The van der Waals surface area contributed by atoms with Crippen molar-refractivity contribution >= 4 is 44.9 Å². The summed E-state index contributed by atoms with van der Waals surface area (Å²) in [5.74, 6) is -0.471. The van der Waals surface area contributed by atoms with E-state index in [4.69, 9.17) is 39.4 Å². The summed E-state index contributed by atoms with van der Waals surface area (Å²) in [4.78, 5) is 25.2. The summed E-state index contributed by atoms with van der Waals surface area (Å²) in [6, 6.07) is 9.96. The van der Waals surface area contributed by atoms with Crippen molar-refractivity contribution in [3.63, 3.8) is 0 Å². The Balaban J connectivity index is 0.000000614. The molecule has 0 fully saturated rings. The second-order valence-corrected chi connectivity index (χ2v) is 8.91. The van der Waals surface area contributed by atoms with Crippen LogP contribution in [0.25, 0.3) is 5.69 Å². The van der Waals surface area contributed by atoms with Gasteiger partial charge in [0.05, 0.1) is 18.6 Å². The fourth-order valence-corrected chi connectivity index (χ4v) is 3.49. The van der Waals surface area contributed by atoms with Crippen molar-refractivity contribution < 1.29 is 18.1 Å². The second kappa shape index (κ2) is 10.4. The average molecular weight is 509 g/mol. The van der Waals surface area contributed by atoms with E-state index < -0.39 is 27.3 Å². The van der Waals surface area contributed by atoms with Crippen molar-refractivity contribution in [1.29, 1.82) is 0 Å². The number of halogens is 3. The number of nitrogens with zero attached hydrogens (tertiary/aromatic N) is 2. The number of aromatic nitrogens is 3. The van der Waals surface area contributed by atoms with Crippen molar-refractivity contribution in [1.82, 2.24) is 14.8 Å². The van der Waals surface area contributed by atoms with E-state index in [1.165, 1.54) is 12.1 Å². The molecular weight excluding hydrogens is 493 g/mol. The minimum atomic E-state index is -3.67. The molecule has 3 rings (SSSR count). The molecule has 166 valence electrons. The maximum Gasteiger partial charge on any atom is 0.349 e. The monoisotopic (exact) mass is 507 g/mol. The van der Waals surface area contributed by atoms with Crippen molar-refractivity contribution in [2.24, 2.45) is 0 Å². The van der Waals surface area contributed by atoms with E-state index in [-0.39, 0.29) is 22.3 Å². The normalized spacial score (nSPS) is 12.1. The quantitative estimate of drug-likeness (QED) is 0.460. The molecule has 1 unspecified atom stereocenters. The molecule has 0 aliphatic heterocycles. The summed E-state index contributed by atoms with van der Waals surface area (Å²) < 4.78 is 26.8. The Bertz CT molecular complexity index is 1260. The van der Waals surface area contributed by atoms with Crippen LogP contribution < -0.4 is 11.2 Å². The van der Waals surface area contributed by atoms with Crippen LogP contribution in [0.4, 0.5) is 0 Å². The van der Waals surface area contributed by atoms with Crippen molar-refractivity contribution in [2.45, 2.75) is 5.92 Å². The van der Waals surface area contributed by atoms with Gasteiger partial charge in [0, 0.05) is 21.0 Å². The van der Waals surface area contributed by atoms with Crippen LogP contribution in [0.5, 0.6) is 0 Å². The molecular formula is C18H16Cl3N3O6S. The van der Waals surface area contributed by atoms with Crippen LogP contribution in [0.3, 0.4) is 0 Å². The molecule has 3 N–H and O–H groups in total. The Labute approximate surface area is 191 Å². The zero-order chi connectivity index (χ0) is 23.3. The van der Waals surface area contributed by atoms with Crippen LogP contribution in [0, 0.1) is 0 Å². The third-order valence-corrected chi connectivity index (χ3v) is 4.70. The maximum atomic E-state index is 11.9. The summed E-state index contributed by atoms with van der Waals surface area (Å²) in [6.07, 6.45) is 1.69. The first-order chi connectivity index (χ1) is 14.4. The van der Waals surface area contributed by atoms with Gasteiger partial charge in [-0.15, -0.1) is 0 Å². The summed E-state index contributed by atoms with van der Waals surface area (Å²) in [5.41, 5.74) is 0.266. The highest BCUT2D eigenvalue weighted by atomic mass is 35.5. The van der Waals surface area contributed by atoms with Gasteiger partial charge in [0.25, 0.3) is 15.7 Å². The molecule has 0 saturated heterocycles. The van der Waals surface area contributed by atoms with Crippen LogP contribution >= 0.6 is 34.8 Å². The van der Waals surface area contributed by atoms with Gasteiger partial charge in [-0.05, 0) is 35.4 Å². The predicted molar refractivity (Wildman–Crippen MR) is 118 cm³/mol. The van der Waals surface area contributed by atoms with Gasteiger partial charge in [-0.2, -0.15) is 18.2 Å². The fraction of sp³-hybridized carbons (Fsp3) is 0.167. The third kappa shape index (κ3) is 7.17. The van der Waals surface area contributed by atoms with Crippen LogP contribution in [-0.4, -0.2) is 45.7 Å². The predicted octanol–water partition coefficient (Wildman–Crippen LogP) is 2.51. The Morgan fingerprint density at radius 3 is 2.06 bits per heavy atom. The number of hydrogen-bond acceptors (Lipinski definition) is 6. The Hall–Kier alpha value is -2.21. The van der Waals surface area contributed by atoms with E-state index >= 15 is 0 Å². The Morgan fingerprint density at radius 1 is 1.10 bits per heavy atom. The standard InChI is InChI=1S/C17H12Cl3N3O3.CH4O3S/c18-10-3-1-9(2-4-10)12(8-24)16-13(19)5-11(6-14(16)20)23-17(26)22-15(25)7-21-23;1-5(2,3)4/h1-7,12,24H,8H2,(H,22,25,26);1H3,(H,2,3,4). The molecule has 2 aromatic carbocycles. The van der Waals surface area contributed by atoms with Gasteiger partial charge in [0.15, 0.2) is 0 Å². The molecule has 0 amide bonds. The van der Waals surface area contributed by atoms with Crippen molar-refractivity contribution in [2.75, 3.05) is 12.9 Å². The molecule has 13 heteroatoms. The third-order valence-electron chi connectivity index (χ3n) is 3.82. The van der Waals surface area contributed by atoms with Crippen LogP contribution in [-0.2, 0) is 10.1 Å². The smallest absolute Gasteiger partial charge is 0.349 e. The molecule has 0 saturated carbocycles. The summed E-state index contributed by atoms with van der Waals surface area (Å²) >= 11 is 18.7. The lowest BCUT2D eigenvalue weighted by Crippen LogP contribution is -2.30. The summed E-state index contributed by atoms with van der Waals surface area (Å²) in [6.45, 7) is -0.225. The molecule has 0 spiro atoms. The second-order valence-electron chi connectivity index (χ2n) is 6.19. The number of benzene rings is 2. The molecule has 3 aromatic rings. The zero-order valence-corrected chi connectivity index (χ0v) is 18.9. The number of hydrogen-bond donors (Lipinski definition) is 3. The Kier molecular flexibility index (Phi) is 8.41. The minimum Gasteiger partial charge on any atom is -0.395 e. The van der Waals surface area contributed by atoms with Gasteiger partial charge >= 0.3 is 5.69 Å². The minimum absolute atomic E-state index is 0.225. The van der Waals surface area contributed by atoms with E-state index in [9.17, 15) is 23.1 Å². The van der Waals surface area contributed by atoms with E-state index in [2.05, 4.69) is 10.1 Å². The topological polar surface area (TPSA) is 142 Å². The number of aliphatic hydroxyl groups excluding tert-OH is 1. The maximum absolute atomic E-state index is 11.9. The largest absolute Gasteiger partial charge is 0.395 e. The van der Waals surface area contributed by atoms with E-state index in [1.807, 2.05) is 0 Å². The Morgan fingerprint density at radius 2 is 1.61 bits per heavy atom. The highest BCUT2D eigenvalue weighted by Gasteiger charge is 2.21. The molecule has 0 bridgehead atoms. The molecule has 31 heavy (non-hydrogen) atoms. The lowest BCUT2D eigenvalue weighted by Gasteiger charge is -2.19. The first-order valence-electron chi connectivity index (χ1n) is 8.37. The van der Waals surface area contributed by atoms with Gasteiger partial charge < -0.3 is 5.11 Å². The number of aromatic amines is 1. The van der Waals surface area contributed by atoms with E-state index in [0.717, 1.165) is 16.4 Å². The van der Waals surface area contributed by atoms with Gasteiger partial charge in [0.1, 0.15) is 6.20 Å². The summed E-state index contributed by atoms with van der Waals surface area (Å²) in [7, 11) is -3.67. The average Bonchev–Trinajstić information content (AvgIpc) is 2.64. The molecule has 1 atom stereocenters.